The summed E-state index contributed by atoms with van der Waals surface area (Å²) in [7, 11) is 0. The molecule has 0 aromatic carbocycles. The summed E-state index contributed by atoms with van der Waals surface area (Å²) in [6, 6.07) is 5.67. The highest BCUT2D eigenvalue weighted by atomic mass is 35.5. The van der Waals surface area contributed by atoms with E-state index in [1.54, 1.807) is 10.9 Å². The fourth-order valence-corrected chi connectivity index (χ4v) is 1.10. The highest BCUT2D eigenvalue weighted by molar-refractivity contribution is 6.29. The van der Waals surface area contributed by atoms with Gasteiger partial charge in [0.05, 0.1) is 0 Å². The van der Waals surface area contributed by atoms with Crippen molar-refractivity contribution in [1.82, 2.24) is 9.97 Å². The summed E-state index contributed by atoms with van der Waals surface area (Å²) in [5.41, 5.74) is 4.16. The lowest BCUT2D eigenvalue weighted by Crippen LogP contribution is -2.26. The third-order valence-corrected chi connectivity index (χ3v) is 1.69. The van der Waals surface area contributed by atoms with Gasteiger partial charge in [-0.05, 0) is 0 Å². The van der Waals surface area contributed by atoms with Crippen molar-refractivity contribution in [2.45, 2.75) is 0 Å². The van der Waals surface area contributed by atoms with E-state index in [4.69, 9.17) is 11.6 Å². The van der Waals surface area contributed by atoms with Crippen molar-refractivity contribution < 1.29 is 4.68 Å². The molecule has 2 heterocycles. The van der Waals surface area contributed by atoms with Gasteiger partial charge in [-0.15, -0.1) is 0 Å². The molecule has 2 aromatic rings. The number of nitrogens with zero attached hydrogens (tertiary/aromatic N) is 4. The maximum Gasteiger partial charge on any atom is 0.182 e. The smallest absolute Gasteiger partial charge is 0.182 e. The van der Waals surface area contributed by atoms with Crippen molar-refractivity contribution in [3.8, 4) is 0 Å². The maximum atomic E-state index is 5.67. The second kappa shape index (κ2) is 4.02. The molecule has 0 N–H and O–H groups in total. The number of hydrogen-bond acceptors (Lipinski definition) is 2. The minimum absolute atomic E-state index is 0.336. The Labute approximate surface area is 86.2 Å². The Balaban J connectivity index is 2.19. The zero-order valence-corrected chi connectivity index (χ0v) is 7.96. The second-order valence-corrected chi connectivity index (χ2v) is 2.94. The topological polar surface area (TPSA) is 43.8 Å². The molecule has 0 saturated carbocycles. The quantitative estimate of drug-likeness (QED) is 0.705. The van der Waals surface area contributed by atoms with E-state index in [2.05, 4.69) is 15.4 Å². The van der Waals surface area contributed by atoms with Gasteiger partial charge in [-0.2, -0.15) is 10.1 Å². The largest absolute Gasteiger partial charge is 0.419 e. The first kappa shape index (κ1) is 8.90. The third kappa shape index (κ3) is 2.17. The molecule has 14 heavy (non-hydrogen) atoms. The van der Waals surface area contributed by atoms with Gasteiger partial charge in [0.25, 0.3) is 0 Å². The first-order valence-corrected chi connectivity index (χ1v) is 4.38. The molecule has 0 amide bonds. The number of rotatable bonds is 2. The number of hydrogen-bond donors (Lipinski definition) is 0. The van der Waals surface area contributed by atoms with Gasteiger partial charge in [0.1, 0.15) is 0 Å². The zero-order valence-electron chi connectivity index (χ0n) is 7.21. The van der Waals surface area contributed by atoms with E-state index in [0.29, 0.717) is 11.0 Å². The number of pyridine rings is 1. The summed E-state index contributed by atoms with van der Waals surface area (Å²) in [5, 5.41) is 0.336. The number of halogens is 1. The Morgan fingerprint density at radius 1 is 1.14 bits per heavy atom. The van der Waals surface area contributed by atoms with Gasteiger partial charge in [0.15, 0.2) is 12.4 Å². The molecule has 0 radical (unpaired) electrons. The van der Waals surface area contributed by atoms with Crippen LogP contribution >= 0.6 is 11.6 Å². The van der Waals surface area contributed by atoms with E-state index in [1.165, 1.54) is 6.20 Å². The summed E-state index contributed by atoms with van der Waals surface area (Å²) < 4.78 is 1.64. The molecular weight excluding hydrogens is 200 g/mol. The predicted molar refractivity (Wildman–Crippen MR) is 52.1 cm³/mol. The van der Waals surface area contributed by atoms with Crippen molar-refractivity contribution in [2.24, 2.45) is 0 Å². The average Bonchev–Trinajstić information content (AvgIpc) is 2.19. The van der Waals surface area contributed by atoms with Crippen molar-refractivity contribution in [1.29, 1.82) is 0 Å². The Morgan fingerprint density at radius 2 is 1.93 bits per heavy atom. The second-order valence-electron chi connectivity index (χ2n) is 2.56. The van der Waals surface area contributed by atoms with Crippen LogP contribution in [-0.2, 0) is 0 Å². The average molecular weight is 207 g/mol. The van der Waals surface area contributed by atoms with E-state index < -0.39 is 0 Å². The fourth-order valence-electron chi connectivity index (χ4n) is 0.955. The van der Waals surface area contributed by atoms with Crippen molar-refractivity contribution in [3.63, 3.8) is 0 Å². The Hall–Kier alpha value is -1.68. The molecule has 0 saturated heterocycles. The SMILES string of the molecule is Clc1cncc([N-][n+]2ccccc2)n1. The summed E-state index contributed by atoms with van der Waals surface area (Å²) in [4.78, 5) is 7.86. The lowest BCUT2D eigenvalue weighted by atomic mass is 10.5. The zero-order chi connectivity index (χ0) is 9.80. The first-order chi connectivity index (χ1) is 6.84. The molecule has 70 valence electrons. The van der Waals surface area contributed by atoms with Crippen LogP contribution in [0.5, 0.6) is 0 Å². The van der Waals surface area contributed by atoms with Gasteiger partial charge in [-0.3, -0.25) is 4.98 Å². The van der Waals surface area contributed by atoms with E-state index in [0.717, 1.165) is 0 Å². The summed E-state index contributed by atoms with van der Waals surface area (Å²) in [6.45, 7) is 0. The summed E-state index contributed by atoms with van der Waals surface area (Å²) in [6.07, 6.45) is 6.63. The molecule has 0 spiro atoms. The van der Waals surface area contributed by atoms with Crippen molar-refractivity contribution in [3.05, 3.63) is 53.6 Å². The van der Waals surface area contributed by atoms with Crippen LogP contribution in [0.1, 0.15) is 0 Å². The van der Waals surface area contributed by atoms with Crippen molar-refractivity contribution in [2.75, 3.05) is 0 Å². The third-order valence-electron chi connectivity index (χ3n) is 1.51. The van der Waals surface area contributed by atoms with Crippen LogP contribution in [0.4, 0.5) is 5.82 Å². The molecule has 0 unspecified atom stereocenters. The Bertz CT molecular complexity index is 418. The molecule has 2 aromatic heterocycles. The monoisotopic (exact) mass is 206 g/mol. The molecule has 0 aliphatic rings. The molecule has 4 nitrogen and oxygen atoms in total. The number of aromatic nitrogens is 3. The maximum absolute atomic E-state index is 5.67. The lowest BCUT2D eigenvalue weighted by Gasteiger charge is -2.07. The van der Waals surface area contributed by atoms with Crippen LogP contribution in [0.2, 0.25) is 5.15 Å². The summed E-state index contributed by atoms with van der Waals surface area (Å²) >= 11 is 5.67. The van der Waals surface area contributed by atoms with Gasteiger partial charge in [0, 0.05) is 35.5 Å². The van der Waals surface area contributed by atoms with Gasteiger partial charge < -0.3 is 4.98 Å². The van der Waals surface area contributed by atoms with Gasteiger partial charge in [0.2, 0.25) is 0 Å². The molecule has 5 heteroatoms. The van der Waals surface area contributed by atoms with Crippen LogP contribution in [0.3, 0.4) is 0 Å². The van der Waals surface area contributed by atoms with Crippen LogP contribution < -0.4 is 4.68 Å². The molecule has 0 bridgehead atoms. The minimum atomic E-state index is 0.336. The standard InChI is InChI=1S/C9H7ClN4/c10-8-6-11-7-9(12-8)13-14-4-2-1-3-5-14/h1-7H. The highest BCUT2D eigenvalue weighted by Gasteiger charge is 1.92. The molecule has 0 atom stereocenters. The first-order valence-electron chi connectivity index (χ1n) is 4.00. The van der Waals surface area contributed by atoms with Gasteiger partial charge >= 0.3 is 0 Å². The molecule has 0 aliphatic carbocycles. The van der Waals surface area contributed by atoms with Crippen LogP contribution in [0.15, 0.2) is 43.0 Å². The minimum Gasteiger partial charge on any atom is -0.419 e. The van der Waals surface area contributed by atoms with Crippen LogP contribution in [-0.4, -0.2) is 9.97 Å². The molecule has 0 aliphatic heterocycles. The highest BCUT2D eigenvalue weighted by Crippen LogP contribution is 2.12. The lowest BCUT2D eigenvalue weighted by molar-refractivity contribution is -0.619. The van der Waals surface area contributed by atoms with E-state index >= 15 is 0 Å². The van der Waals surface area contributed by atoms with E-state index in [-0.39, 0.29) is 0 Å². The molecular formula is C9H7ClN4. The summed E-state index contributed by atoms with van der Waals surface area (Å²) in [5.74, 6) is 0.480. The van der Waals surface area contributed by atoms with Crippen LogP contribution in [0.25, 0.3) is 5.43 Å². The fraction of sp³-hybridized carbons (Fsp3) is 0. The van der Waals surface area contributed by atoms with E-state index in [1.807, 2.05) is 30.6 Å². The normalized spacial score (nSPS) is 9.79. The van der Waals surface area contributed by atoms with Crippen molar-refractivity contribution >= 4 is 17.4 Å². The van der Waals surface area contributed by atoms with Gasteiger partial charge in [-0.25, -0.2) is 0 Å². The van der Waals surface area contributed by atoms with E-state index in [9.17, 15) is 0 Å². The molecule has 0 fully saturated rings. The molecule has 2 rings (SSSR count). The van der Waals surface area contributed by atoms with Crippen LogP contribution in [0, 0.1) is 0 Å². The Kier molecular flexibility index (Phi) is 2.55. The Morgan fingerprint density at radius 3 is 2.64 bits per heavy atom. The van der Waals surface area contributed by atoms with Gasteiger partial charge in [-0.1, -0.05) is 17.7 Å². The predicted octanol–water partition coefficient (Wildman–Crippen LogP) is 1.89.